The lowest BCUT2D eigenvalue weighted by atomic mass is 9.77. The van der Waals surface area contributed by atoms with Crippen molar-refractivity contribution in [2.24, 2.45) is 24.6 Å². The van der Waals surface area contributed by atoms with E-state index in [4.69, 9.17) is 5.73 Å². The van der Waals surface area contributed by atoms with E-state index in [9.17, 15) is 18.0 Å². The zero-order chi connectivity index (χ0) is 20.3. The van der Waals surface area contributed by atoms with Gasteiger partial charge in [0.2, 0.25) is 0 Å². The molecule has 0 unspecified atom stereocenters. The standard InChI is InChI=1S/C19H24F3N5O/c1-27-16(19(20,21)22)10-15(26-27)18(28)25-17(14-4-2-3-9-24-14)13-7-5-12(11-23)6-8-13/h2-4,9-10,12-13,17H,5-8,11,23H2,1H3,(H,25,28)/t12?,13?,17-/m0/s1. The Morgan fingerprint density at radius 1 is 1.32 bits per heavy atom. The van der Waals surface area contributed by atoms with Gasteiger partial charge in [0.25, 0.3) is 5.91 Å². The van der Waals surface area contributed by atoms with Crippen LogP contribution in [0.5, 0.6) is 0 Å². The van der Waals surface area contributed by atoms with Crippen LogP contribution in [0.2, 0.25) is 0 Å². The number of rotatable bonds is 5. The monoisotopic (exact) mass is 395 g/mol. The SMILES string of the molecule is Cn1nc(C(=O)N[C@H](c2ccccn2)C2CCC(CN)CC2)cc1C(F)(F)F. The number of carbonyl (C=O) groups excluding carboxylic acids is 1. The number of hydrogen-bond donors (Lipinski definition) is 2. The number of nitrogens with two attached hydrogens (primary N) is 1. The molecular weight excluding hydrogens is 371 g/mol. The van der Waals surface area contributed by atoms with E-state index >= 15 is 0 Å². The van der Waals surface area contributed by atoms with Gasteiger partial charge in [-0.15, -0.1) is 0 Å². The van der Waals surface area contributed by atoms with Gasteiger partial charge in [-0.2, -0.15) is 18.3 Å². The molecule has 1 aliphatic rings. The second kappa shape index (κ2) is 8.30. The highest BCUT2D eigenvalue weighted by Crippen LogP contribution is 2.36. The maximum atomic E-state index is 13.0. The number of halogens is 3. The van der Waals surface area contributed by atoms with Gasteiger partial charge in [-0.3, -0.25) is 14.5 Å². The fourth-order valence-corrected chi connectivity index (χ4v) is 3.81. The highest BCUT2D eigenvalue weighted by molar-refractivity contribution is 5.92. The molecule has 1 saturated carbocycles. The van der Waals surface area contributed by atoms with E-state index in [0.717, 1.165) is 31.7 Å². The molecule has 0 aromatic carbocycles. The lowest BCUT2D eigenvalue weighted by molar-refractivity contribution is -0.143. The molecule has 1 atom stereocenters. The molecule has 6 nitrogen and oxygen atoms in total. The van der Waals surface area contributed by atoms with Crippen molar-refractivity contribution in [3.63, 3.8) is 0 Å². The predicted octanol–water partition coefficient (Wildman–Crippen LogP) is 3.07. The van der Waals surface area contributed by atoms with Crippen molar-refractivity contribution in [2.45, 2.75) is 37.9 Å². The summed E-state index contributed by atoms with van der Waals surface area (Å²) in [5.74, 6) is -0.0170. The number of alkyl halides is 3. The van der Waals surface area contributed by atoms with Gasteiger partial charge < -0.3 is 11.1 Å². The van der Waals surface area contributed by atoms with Gasteiger partial charge in [-0.1, -0.05) is 6.07 Å². The maximum absolute atomic E-state index is 13.0. The Balaban J connectivity index is 1.81. The number of aromatic nitrogens is 3. The van der Waals surface area contributed by atoms with Crippen LogP contribution in [0.3, 0.4) is 0 Å². The molecule has 28 heavy (non-hydrogen) atoms. The van der Waals surface area contributed by atoms with Crippen molar-refractivity contribution >= 4 is 5.91 Å². The van der Waals surface area contributed by atoms with E-state index in [1.165, 1.54) is 7.05 Å². The van der Waals surface area contributed by atoms with Gasteiger partial charge in [-0.05, 0) is 56.2 Å². The van der Waals surface area contributed by atoms with Crippen LogP contribution in [-0.2, 0) is 13.2 Å². The Kier molecular flexibility index (Phi) is 6.02. The lowest BCUT2D eigenvalue weighted by Gasteiger charge is -2.33. The lowest BCUT2D eigenvalue weighted by Crippen LogP contribution is -2.36. The van der Waals surface area contributed by atoms with Crippen molar-refractivity contribution in [3.8, 4) is 0 Å². The van der Waals surface area contributed by atoms with Crippen molar-refractivity contribution in [2.75, 3.05) is 6.54 Å². The highest BCUT2D eigenvalue weighted by atomic mass is 19.4. The molecule has 2 aromatic rings. The van der Waals surface area contributed by atoms with Gasteiger partial charge in [0.1, 0.15) is 5.69 Å². The van der Waals surface area contributed by atoms with Crippen LogP contribution in [0.1, 0.15) is 53.6 Å². The smallest absolute Gasteiger partial charge is 0.342 e. The first-order valence-corrected chi connectivity index (χ1v) is 9.32. The molecular formula is C19H24F3N5O. The molecule has 1 amide bonds. The minimum Gasteiger partial charge on any atom is -0.342 e. The highest BCUT2D eigenvalue weighted by Gasteiger charge is 2.36. The predicted molar refractivity (Wildman–Crippen MR) is 97.2 cm³/mol. The average molecular weight is 395 g/mol. The van der Waals surface area contributed by atoms with E-state index in [1.54, 1.807) is 12.3 Å². The minimum atomic E-state index is -4.57. The third kappa shape index (κ3) is 4.52. The number of nitrogens with one attached hydrogen (secondary N) is 1. The number of aryl methyl sites for hydroxylation is 1. The summed E-state index contributed by atoms with van der Waals surface area (Å²) < 4.78 is 39.7. The van der Waals surface area contributed by atoms with E-state index < -0.39 is 17.8 Å². The first kappa shape index (κ1) is 20.3. The van der Waals surface area contributed by atoms with Crippen molar-refractivity contribution < 1.29 is 18.0 Å². The molecule has 0 aliphatic heterocycles. The van der Waals surface area contributed by atoms with Crippen LogP contribution in [0, 0.1) is 11.8 Å². The Bertz CT molecular complexity index is 798. The summed E-state index contributed by atoms with van der Waals surface area (Å²) in [6.07, 6.45) is 0.743. The van der Waals surface area contributed by atoms with Crippen molar-refractivity contribution in [1.29, 1.82) is 0 Å². The molecule has 0 bridgehead atoms. The van der Waals surface area contributed by atoms with E-state index in [1.807, 2.05) is 12.1 Å². The zero-order valence-corrected chi connectivity index (χ0v) is 15.6. The molecule has 0 radical (unpaired) electrons. The van der Waals surface area contributed by atoms with Crippen molar-refractivity contribution in [3.05, 3.63) is 47.5 Å². The maximum Gasteiger partial charge on any atom is 0.433 e. The Morgan fingerprint density at radius 3 is 2.57 bits per heavy atom. The van der Waals surface area contributed by atoms with Crippen molar-refractivity contribution in [1.82, 2.24) is 20.1 Å². The molecule has 2 heterocycles. The van der Waals surface area contributed by atoms with Crippen LogP contribution in [0.25, 0.3) is 0 Å². The van der Waals surface area contributed by atoms with E-state index in [0.29, 0.717) is 22.8 Å². The zero-order valence-electron chi connectivity index (χ0n) is 15.6. The number of amides is 1. The van der Waals surface area contributed by atoms with E-state index in [-0.39, 0.29) is 17.7 Å². The summed E-state index contributed by atoms with van der Waals surface area (Å²) in [5.41, 5.74) is 5.23. The number of pyridine rings is 1. The summed E-state index contributed by atoms with van der Waals surface area (Å²) in [6, 6.07) is 5.82. The summed E-state index contributed by atoms with van der Waals surface area (Å²) in [4.78, 5) is 17.0. The summed E-state index contributed by atoms with van der Waals surface area (Å²) in [6.45, 7) is 0.640. The first-order valence-electron chi connectivity index (χ1n) is 9.32. The van der Waals surface area contributed by atoms with Gasteiger partial charge in [0.05, 0.1) is 11.7 Å². The fourth-order valence-electron chi connectivity index (χ4n) is 3.81. The average Bonchev–Trinajstić information content (AvgIpc) is 3.09. The molecule has 9 heteroatoms. The number of carbonyl (C=O) groups is 1. The molecule has 1 aliphatic carbocycles. The van der Waals surface area contributed by atoms with Gasteiger partial charge in [-0.25, -0.2) is 0 Å². The molecule has 2 aromatic heterocycles. The Hall–Kier alpha value is -2.42. The summed E-state index contributed by atoms with van der Waals surface area (Å²) >= 11 is 0. The topological polar surface area (TPSA) is 85.8 Å². The molecule has 152 valence electrons. The molecule has 1 fully saturated rings. The third-order valence-electron chi connectivity index (χ3n) is 5.39. The second-order valence-corrected chi connectivity index (χ2v) is 7.26. The number of nitrogens with zero attached hydrogens (tertiary/aromatic N) is 3. The molecule has 0 spiro atoms. The molecule has 3 N–H and O–H groups in total. The van der Waals surface area contributed by atoms with Gasteiger partial charge >= 0.3 is 6.18 Å². The third-order valence-corrected chi connectivity index (χ3v) is 5.39. The van der Waals surface area contributed by atoms with Crippen LogP contribution < -0.4 is 11.1 Å². The van der Waals surface area contributed by atoms with Crippen LogP contribution in [-0.4, -0.2) is 27.2 Å². The van der Waals surface area contributed by atoms with Crippen LogP contribution in [0.4, 0.5) is 13.2 Å². The fraction of sp³-hybridized carbons (Fsp3) is 0.526. The summed E-state index contributed by atoms with van der Waals surface area (Å²) in [7, 11) is 1.17. The quantitative estimate of drug-likeness (QED) is 0.815. The normalized spacial score (nSPS) is 21.3. The van der Waals surface area contributed by atoms with Gasteiger partial charge in [0, 0.05) is 19.3 Å². The number of hydrogen-bond acceptors (Lipinski definition) is 4. The van der Waals surface area contributed by atoms with Crippen LogP contribution in [0.15, 0.2) is 30.5 Å². The second-order valence-electron chi connectivity index (χ2n) is 7.26. The molecule has 0 saturated heterocycles. The molecule has 3 rings (SSSR count). The minimum absolute atomic E-state index is 0.146. The summed E-state index contributed by atoms with van der Waals surface area (Å²) in [5, 5.41) is 6.61. The Labute approximate surface area is 161 Å². The first-order chi connectivity index (χ1) is 13.3. The van der Waals surface area contributed by atoms with E-state index in [2.05, 4.69) is 15.4 Å². The van der Waals surface area contributed by atoms with Gasteiger partial charge in [0.15, 0.2) is 5.69 Å². The largest absolute Gasteiger partial charge is 0.433 e. The Morgan fingerprint density at radius 2 is 2.04 bits per heavy atom. The van der Waals surface area contributed by atoms with Crippen LogP contribution >= 0.6 is 0 Å².